The number of hydrogen-bond donors (Lipinski definition) is 1. The average molecular weight is 497 g/mol. The molecule has 1 unspecified atom stereocenters. The van der Waals surface area contributed by atoms with Crippen LogP contribution in [0.4, 0.5) is 0 Å². The molecule has 176 valence electrons. The molecule has 1 aliphatic rings. The van der Waals surface area contributed by atoms with Gasteiger partial charge in [-0.2, -0.15) is 5.10 Å². The number of hydrogen-bond acceptors (Lipinski definition) is 6. The third-order valence-electron chi connectivity index (χ3n) is 6.26. The lowest BCUT2D eigenvalue weighted by Crippen LogP contribution is -2.31. The number of nitrogens with zero attached hydrogens (tertiary/aromatic N) is 5. The monoisotopic (exact) mass is 496 g/mol. The van der Waals surface area contributed by atoms with Crippen molar-refractivity contribution in [1.82, 2.24) is 29.3 Å². The summed E-state index contributed by atoms with van der Waals surface area (Å²) >= 11 is 7.54. The Hall–Kier alpha value is -2.91. The molecular weight excluding hydrogens is 472 g/mol. The van der Waals surface area contributed by atoms with Crippen LogP contribution in [0.3, 0.4) is 0 Å². The molecule has 34 heavy (non-hydrogen) atoms. The molecule has 0 spiro atoms. The molecule has 5 rings (SSSR count). The summed E-state index contributed by atoms with van der Waals surface area (Å²) in [5.41, 5.74) is 3.13. The number of benzene rings is 1. The van der Waals surface area contributed by atoms with Crippen LogP contribution in [0, 0.1) is 5.92 Å². The van der Waals surface area contributed by atoms with Gasteiger partial charge in [0.2, 0.25) is 0 Å². The van der Waals surface area contributed by atoms with Crippen molar-refractivity contribution in [3.63, 3.8) is 0 Å². The van der Waals surface area contributed by atoms with Crippen molar-refractivity contribution in [2.45, 2.75) is 57.0 Å². The van der Waals surface area contributed by atoms with Gasteiger partial charge >= 0.3 is 5.69 Å². The van der Waals surface area contributed by atoms with Crippen LogP contribution in [0.15, 0.2) is 44.9 Å². The van der Waals surface area contributed by atoms with Gasteiger partial charge in [0.1, 0.15) is 10.9 Å². The highest BCUT2D eigenvalue weighted by atomic mass is 35.5. The molecule has 1 N–H and O–H groups in total. The molecule has 1 atom stereocenters. The van der Waals surface area contributed by atoms with E-state index in [9.17, 15) is 9.59 Å². The number of thioether (sulfide) groups is 1. The van der Waals surface area contributed by atoms with E-state index in [4.69, 9.17) is 16.6 Å². The van der Waals surface area contributed by atoms with E-state index >= 15 is 0 Å². The smallest absolute Gasteiger partial charge is 0.322 e. The number of aryl methyl sites for hydroxylation is 2. The van der Waals surface area contributed by atoms with Gasteiger partial charge in [-0.3, -0.25) is 14.3 Å². The van der Waals surface area contributed by atoms with E-state index in [1.54, 1.807) is 23.9 Å². The van der Waals surface area contributed by atoms with Crippen LogP contribution in [-0.4, -0.2) is 29.3 Å². The van der Waals surface area contributed by atoms with Crippen LogP contribution >= 0.6 is 23.4 Å². The molecule has 8 nitrogen and oxygen atoms in total. The highest BCUT2D eigenvalue weighted by Gasteiger charge is 2.20. The summed E-state index contributed by atoms with van der Waals surface area (Å²) in [4.78, 5) is 32.6. The van der Waals surface area contributed by atoms with Gasteiger partial charge in [-0.25, -0.2) is 9.78 Å². The summed E-state index contributed by atoms with van der Waals surface area (Å²) in [7, 11) is 0. The molecule has 0 aliphatic heterocycles. The van der Waals surface area contributed by atoms with Crippen molar-refractivity contribution in [1.29, 1.82) is 0 Å². The standard InChI is InChI=1S/C24H25ClN6O2S/c1-3-30-19(13-34-20-11-16-10-14(2)4-9-18(16)28-29-20)26-22-21(30)23(32)27-24(33)31(22)12-15-5-7-17(25)8-6-15/h5-8,11,14H,3-4,9-10,12-13H2,1-2H3,(H,27,32,33). The topological polar surface area (TPSA) is 98.5 Å². The Bertz CT molecular complexity index is 1470. The van der Waals surface area contributed by atoms with Crippen molar-refractivity contribution < 1.29 is 0 Å². The van der Waals surface area contributed by atoms with Crippen LogP contribution in [0.5, 0.6) is 0 Å². The number of nitrogens with one attached hydrogen (secondary N) is 1. The second-order valence-corrected chi connectivity index (χ2v) is 10.1. The minimum Gasteiger partial charge on any atom is -0.322 e. The molecule has 0 fully saturated rings. The lowest BCUT2D eigenvalue weighted by Gasteiger charge is -2.20. The first-order chi connectivity index (χ1) is 16.4. The van der Waals surface area contributed by atoms with E-state index in [1.165, 1.54) is 10.1 Å². The summed E-state index contributed by atoms with van der Waals surface area (Å²) in [6.45, 7) is 5.07. The van der Waals surface area contributed by atoms with Gasteiger partial charge in [-0.15, -0.1) is 5.10 Å². The van der Waals surface area contributed by atoms with E-state index in [1.807, 2.05) is 23.6 Å². The Morgan fingerprint density at radius 1 is 1.18 bits per heavy atom. The van der Waals surface area contributed by atoms with Gasteiger partial charge in [0.05, 0.1) is 18.0 Å². The fourth-order valence-corrected chi connectivity index (χ4v) is 5.43. The third kappa shape index (κ3) is 4.42. The Kier molecular flexibility index (Phi) is 6.31. The predicted molar refractivity (Wildman–Crippen MR) is 134 cm³/mol. The first kappa shape index (κ1) is 22.9. The van der Waals surface area contributed by atoms with Crippen LogP contribution in [-0.2, 0) is 31.7 Å². The Morgan fingerprint density at radius 2 is 1.97 bits per heavy atom. The molecule has 0 bridgehead atoms. The van der Waals surface area contributed by atoms with Crippen LogP contribution in [0.25, 0.3) is 11.2 Å². The van der Waals surface area contributed by atoms with Crippen LogP contribution in [0.2, 0.25) is 5.02 Å². The Labute approximate surface area is 205 Å². The lowest BCUT2D eigenvalue weighted by atomic mass is 9.88. The van der Waals surface area contributed by atoms with Crippen molar-refractivity contribution in [3.8, 4) is 0 Å². The molecule has 3 aromatic heterocycles. The minimum absolute atomic E-state index is 0.283. The average Bonchev–Trinajstić information content (AvgIpc) is 3.20. The fraction of sp³-hybridized carbons (Fsp3) is 0.375. The number of aromatic nitrogens is 6. The maximum Gasteiger partial charge on any atom is 0.330 e. The summed E-state index contributed by atoms with van der Waals surface area (Å²) < 4.78 is 3.37. The quantitative estimate of drug-likeness (QED) is 0.407. The van der Waals surface area contributed by atoms with Gasteiger partial charge < -0.3 is 4.57 Å². The molecule has 3 heterocycles. The third-order valence-corrected chi connectivity index (χ3v) is 7.41. The number of aromatic amines is 1. The molecule has 0 amide bonds. The highest BCUT2D eigenvalue weighted by Crippen LogP contribution is 2.28. The van der Waals surface area contributed by atoms with E-state index < -0.39 is 11.2 Å². The second kappa shape index (κ2) is 9.38. The zero-order valence-corrected chi connectivity index (χ0v) is 20.6. The molecule has 1 aromatic carbocycles. The van der Waals surface area contributed by atoms with Gasteiger partial charge in [0, 0.05) is 11.6 Å². The highest BCUT2D eigenvalue weighted by molar-refractivity contribution is 7.98. The summed E-state index contributed by atoms with van der Waals surface area (Å²) in [5, 5.41) is 10.3. The minimum atomic E-state index is -0.484. The summed E-state index contributed by atoms with van der Waals surface area (Å²) in [6, 6.07) is 9.39. The van der Waals surface area contributed by atoms with Gasteiger partial charge in [-0.05, 0) is 61.4 Å². The van der Waals surface area contributed by atoms with Gasteiger partial charge in [-0.1, -0.05) is 42.4 Å². The SMILES string of the molecule is CCn1c(CSc2cc3c(nn2)CCC(C)C3)nc2c1c(=O)[nH]c(=O)n2Cc1ccc(Cl)cc1. The number of fused-ring (bicyclic) bond motifs is 2. The molecule has 10 heteroatoms. The van der Waals surface area contributed by atoms with E-state index in [-0.39, 0.29) is 6.54 Å². The zero-order chi connectivity index (χ0) is 23.8. The first-order valence-corrected chi connectivity index (χ1v) is 12.7. The Morgan fingerprint density at radius 3 is 2.74 bits per heavy atom. The molecule has 4 aromatic rings. The maximum atomic E-state index is 12.7. The number of rotatable bonds is 6. The zero-order valence-electron chi connectivity index (χ0n) is 19.0. The van der Waals surface area contributed by atoms with Crippen molar-refractivity contribution >= 4 is 34.5 Å². The summed E-state index contributed by atoms with van der Waals surface area (Å²) in [5.74, 6) is 1.89. The largest absolute Gasteiger partial charge is 0.330 e. The Balaban J connectivity index is 1.49. The van der Waals surface area contributed by atoms with Crippen LogP contribution < -0.4 is 11.2 Å². The fourth-order valence-electron chi connectivity index (χ4n) is 4.48. The lowest BCUT2D eigenvalue weighted by molar-refractivity contribution is 0.487. The van der Waals surface area contributed by atoms with Crippen molar-refractivity contribution in [2.24, 2.45) is 5.92 Å². The van der Waals surface area contributed by atoms with Crippen LogP contribution in [0.1, 0.15) is 42.9 Å². The number of H-pyrrole nitrogens is 1. The maximum absolute atomic E-state index is 12.7. The second-order valence-electron chi connectivity index (χ2n) is 8.71. The first-order valence-electron chi connectivity index (χ1n) is 11.4. The molecular formula is C24H25ClN6O2S. The van der Waals surface area contributed by atoms with Crippen molar-refractivity contribution in [3.05, 3.63) is 78.8 Å². The molecule has 0 saturated heterocycles. The number of imidazole rings is 1. The summed E-state index contributed by atoms with van der Waals surface area (Å²) in [6.07, 6.45) is 3.16. The number of halogens is 1. The van der Waals surface area contributed by atoms with Crippen molar-refractivity contribution in [2.75, 3.05) is 0 Å². The van der Waals surface area contributed by atoms with Gasteiger partial charge in [0.15, 0.2) is 11.2 Å². The van der Waals surface area contributed by atoms with E-state index in [2.05, 4.69) is 28.2 Å². The predicted octanol–water partition coefficient (Wildman–Crippen LogP) is 3.82. The van der Waals surface area contributed by atoms with E-state index in [0.717, 1.165) is 41.4 Å². The molecule has 0 radical (unpaired) electrons. The van der Waals surface area contributed by atoms with E-state index in [0.29, 0.717) is 34.4 Å². The normalized spacial score (nSPS) is 15.6. The van der Waals surface area contributed by atoms with Gasteiger partial charge in [0.25, 0.3) is 5.56 Å². The molecule has 0 saturated carbocycles. The molecule has 1 aliphatic carbocycles.